The van der Waals surface area contributed by atoms with Crippen molar-refractivity contribution < 1.29 is 9.90 Å². The van der Waals surface area contributed by atoms with E-state index in [1.165, 1.54) is 5.56 Å². The number of benzene rings is 3. The Morgan fingerprint density at radius 2 is 1.83 bits per heavy atom. The number of nitrogens with one attached hydrogen (secondary N) is 2. The van der Waals surface area contributed by atoms with Gasteiger partial charge in [-0.3, -0.25) is 0 Å². The maximum Gasteiger partial charge on any atom is 0.319 e. The first-order chi connectivity index (χ1) is 14.6. The molecule has 0 radical (unpaired) electrons. The lowest BCUT2D eigenvalue weighted by Crippen LogP contribution is -2.29. The zero-order valence-corrected chi connectivity index (χ0v) is 16.5. The standard InChI is InChI=1S/C24H23N3O3/c28-21-12-11-18-3-2-6-23(22(18)14-21)26-24(29)25-15-16-7-9-17(10-8-16)19-4-1-5-20(13-19)27-30/h1-10,13,21,28H,11-12,14-15H2,(H2,25,26,29). The van der Waals surface area contributed by atoms with Gasteiger partial charge in [0.15, 0.2) is 0 Å². The highest BCUT2D eigenvalue weighted by Gasteiger charge is 2.19. The van der Waals surface area contributed by atoms with E-state index in [1.54, 1.807) is 18.2 Å². The summed E-state index contributed by atoms with van der Waals surface area (Å²) in [6.45, 7) is 0.389. The molecule has 0 saturated heterocycles. The molecule has 0 fully saturated rings. The highest BCUT2D eigenvalue weighted by atomic mass is 16.3. The molecule has 0 bridgehead atoms. The van der Waals surface area contributed by atoms with E-state index in [9.17, 15) is 14.8 Å². The van der Waals surface area contributed by atoms with Gasteiger partial charge in [0.1, 0.15) is 5.69 Å². The Bertz CT molecular complexity index is 1060. The SMILES string of the molecule is O=Nc1cccc(-c2ccc(CNC(=O)Nc3cccc4c3CC(O)CC4)cc2)c1. The van der Waals surface area contributed by atoms with Gasteiger partial charge in [0.2, 0.25) is 0 Å². The average molecular weight is 401 g/mol. The number of carbonyl (C=O) groups is 1. The second-order valence-electron chi connectivity index (χ2n) is 7.49. The smallest absolute Gasteiger partial charge is 0.319 e. The molecule has 0 aliphatic heterocycles. The van der Waals surface area contributed by atoms with E-state index in [-0.39, 0.29) is 12.1 Å². The van der Waals surface area contributed by atoms with Gasteiger partial charge in [-0.1, -0.05) is 48.5 Å². The van der Waals surface area contributed by atoms with Gasteiger partial charge < -0.3 is 15.7 Å². The van der Waals surface area contributed by atoms with E-state index in [1.807, 2.05) is 48.5 Å². The molecule has 2 amide bonds. The van der Waals surface area contributed by atoms with Gasteiger partial charge in [-0.25, -0.2) is 4.79 Å². The summed E-state index contributed by atoms with van der Waals surface area (Å²) in [4.78, 5) is 23.1. The fraction of sp³-hybridized carbons (Fsp3) is 0.208. The van der Waals surface area contributed by atoms with E-state index in [4.69, 9.17) is 0 Å². The summed E-state index contributed by atoms with van der Waals surface area (Å²) in [7, 11) is 0. The van der Waals surface area contributed by atoms with Gasteiger partial charge >= 0.3 is 6.03 Å². The van der Waals surface area contributed by atoms with Crippen LogP contribution in [0.3, 0.4) is 0 Å². The number of aliphatic hydroxyl groups excluding tert-OH is 1. The van der Waals surface area contributed by atoms with Crippen molar-refractivity contribution in [1.29, 1.82) is 0 Å². The number of urea groups is 1. The minimum absolute atomic E-state index is 0.280. The van der Waals surface area contributed by atoms with Crippen LogP contribution in [0.25, 0.3) is 11.1 Å². The molecule has 30 heavy (non-hydrogen) atoms. The van der Waals surface area contributed by atoms with Gasteiger partial charge in [0, 0.05) is 18.7 Å². The largest absolute Gasteiger partial charge is 0.393 e. The van der Waals surface area contributed by atoms with Crippen LogP contribution < -0.4 is 10.6 Å². The Hall–Kier alpha value is -3.51. The van der Waals surface area contributed by atoms with E-state index < -0.39 is 0 Å². The number of aryl methyl sites for hydroxylation is 1. The normalized spacial score (nSPS) is 15.2. The number of anilines is 1. The number of amides is 2. The molecule has 1 unspecified atom stereocenters. The van der Waals surface area contributed by atoms with Crippen LogP contribution in [-0.4, -0.2) is 17.2 Å². The minimum Gasteiger partial charge on any atom is -0.393 e. The summed E-state index contributed by atoms with van der Waals surface area (Å²) in [5.41, 5.74) is 6.20. The van der Waals surface area contributed by atoms with E-state index in [0.717, 1.165) is 40.8 Å². The number of hydrogen-bond donors (Lipinski definition) is 3. The number of carbonyl (C=O) groups excluding carboxylic acids is 1. The van der Waals surface area contributed by atoms with Crippen molar-refractivity contribution in [3.63, 3.8) is 0 Å². The quantitative estimate of drug-likeness (QED) is 0.530. The Morgan fingerprint density at radius 3 is 2.63 bits per heavy atom. The minimum atomic E-state index is -0.356. The number of rotatable bonds is 5. The van der Waals surface area contributed by atoms with Crippen molar-refractivity contribution in [3.8, 4) is 11.1 Å². The molecule has 6 nitrogen and oxygen atoms in total. The Balaban J connectivity index is 1.37. The molecule has 0 saturated carbocycles. The van der Waals surface area contributed by atoms with Crippen molar-refractivity contribution in [3.05, 3.63) is 88.3 Å². The van der Waals surface area contributed by atoms with Crippen LogP contribution in [0.15, 0.2) is 71.9 Å². The first kappa shape index (κ1) is 19.8. The van der Waals surface area contributed by atoms with Crippen LogP contribution in [0, 0.1) is 4.91 Å². The highest BCUT2D eigenvalue weighted by Crippen LogP contribution is 2.28. The van der Waals surface area contributed by atoms with Crippen molar-refractivity contribution in [1.82, 2.24) is 5.32 Å². The number of nitrogens with zero attached hydrogens (tertiary/aromatic N) is 1. The molecule has 1 aliphatic carbocycles. The summed E-state index contributed by atoms with van der Waals surface area (Å²) >= 11 is 0. The predicted octanol–water partition coefficient (Wildman–Crippen LogP) is 4.92. The van der Waals surface area contributed by atoms with Gasteiger partial charge in [-0.15, -0.1) is 4.91 Å². The van der Waals surface area contributed by atoms with Crippen molar-refractivity contribution in [2.75, 3.05) is 5.32 Å². The maximum atomic E-state index is 12.4. The summed E-state index contributed by atoms with van der Waals surface area (Å²) in [5, 5.41) is 18.7. The highest BCUT2D eigenvalue weighted by molar-refractivity contribution is 5.90. The van der Waals surface area contributed by atoms with Gasteiger partial charge in [-0.05, 0) is 64.0 Å². The lowest BCUT2D eigenvalue weighted by atomic mass is 9.88. The molecule has 3 aromatic carbocycles. The maximum absolute atomic E-state index is 12.4. The van der Waals surface area contributed by atoms with E-state index in [0.29, 0.717) is 18.7 Å². The molecule has 4 rings (SSSR count). The van der Waals surface area contributed by atoms with Gasteiger partial charge in [0.05, 0.1) is 6.10 Å². The topological polar surface area (TPSA) is 90.8 Å². The molecule has 0 heterocycles. The van der Waals surface area contributed by atoms with Crippen molar-refractivity contribution in [2.45, 2.75) is 31.9 Å². The summed E-state index contributed by atoms with van der Waals surface area (Å²) < 4.78 is 0. The van der Waals surface area contributed by atoms with Crippen LogP contribution in [0.5, 0.6) is 0 Å². The summed E-state index contributed by atoms with van der Waals surface area (Å²) in [5.74, 6) is 0. The molecule has 3 N–H and O–H groups in total. The van der Waals surface area contributed by atoms with Crippen LogP contribution in [0.1, 0.15) is 23.1 Å². The number of nitroso groups, excluding NO2 is 1. The second kappa shape index (κ2) is 8.88. The van der Waals surface area contributed by atoms with Gasteiger partial charge in [0.25, 0.3) is 0 Å². The van der Waals surface area contributed by atoms with Crippen molar-refractivity contribution in [2.24, 2.45) is 5.18 Å². The van der Waals surface area contributed by atoms with Crippen LogP contribution in [0.2, 0.25) is 0 Å². The van der Waals surface area contributed by atoms with E-state index in [2.05, 4.69) is 15.8 Å². The van der Waals surface area contributed by atoms with Crippen LogP contribution >= 0.6 is 0 Å². The van der Waals surface area contributed by atoms with Gasteiger partial charge in [-0.2, -0.15) is 0 Å². The Kier molecular flexibility index (Phi) is 5.86. The zero-order chi connectivity index (χ0) is 20.9. The molecule has 1 aliphatic rings. The number of aliphatic hydroxyl groups is 1. The fourth-order valence-corrected chi connectivity index (χ4v) is 3.79. The van der Waals surface area contributed by atoms with Crippen LogP contribution in [-0.2, 0) is 19.4 Å². The molecule has 1 atom stereocenters. The third kappa shape index (κ3) is 4.55. The fourth-order valence-electron chi connectivity index (χ4n) is 3.79. The molecule has 152 valence electrons. The summed E-state index contributed by atoms with van der Waals surface area (Å²) in [6.07, 6.45) is 1.79. The molecule has 0 aromatic heterocycles. The van der Waals surface area contributed by atoms with Crippen LogP contribution in [0.4, 0.5) is 16.2 Å². The molecular weight excluding hydrogens is 378 g/mol. The Labute approximate surface area is 174 Å². The lowest BCUT2D eigenvalue weighted by molar-refractivity contribution is 0.159. The molecule has 3 aromatic rings. The first-order valence-corrected chi connectivity index (χ1v) is 9.99. The monoisotopic (exact) mass is 401 g/mol. The zero-order valence-electron chi connectivity index (χ0n) is 16.5. The lowest BCUT2D eigenvalue weighted by Gasteiger charge is -2.23. The second-order valence-corrected chi connectivity index (χ2v) is 7.49. The number of fused-ring (bicyclic) bond motifs is 1. The average Bonchev–Trinajstić information content (AvgIpc) is 2.78. The Morgan fingerprint density at radius 1 is 1.03 bits per heavy atom. The predicted molar refractivity (Wildman–Crippen MR) is 118 cm³/mol. The summed E-state index contributed by atoms with van der Waals surface area (Å²) in [6, 6.07) is 20.5. The molecule has 0 spiro atoms. The van der Waals surface area contributed by atoms with E-state index >= 15 is 0 Å². The number of hydrogen-bond acceptors (Lipinski definition) is 4. The molecular formula is C24H23N3O3. The van der Waals surface area contributed by atoms with Crippen molar-refractivity contribution >= 4 is 17.4 Å². The molecule has 6 heteroatoms. The first-order valence-electron chi connectivity index (χ1n) is 9.99. The third-order valence-corrected chi connectivity index (χ3v) is 5.40. The third-order valence-electron chi connectivity index (χ3n) is 5.40.